The molecule has 0 bridgehead atoms. The predicted molar refractivity (Wildman–Crippen MR) is 84.2 cm³/mol. The van der Waals surface area contributed by atoms with Crippen LogP contribution in [0.4, 0.5) is 4.79 Å². The summed E-state index contributed by atoms with van der Waals surface area (Å²) in [5.74, 6) is 3.07. The van der Waals surface area contributed by atoms with Gasteiger partial charge in [-0.15, -0.1) is 6.42 Å². The topological polar surface area (TPSA) is 47.6 Å². The molecule has 0 fully saturated rings. The Bertz CT molecular complexity index is 647. The van der Waals surface area contributed by atoms with E-state index in [9.17, 15) is 4.79 Å². The average molecular weight is 295 g/mol. The van der Waals surface area contributed by atoms with Crippen molar-refractivity contribution in [3.63, 3.8) is 0 Å². The highest BCUT2D eigenvalue weighted by Crippen LogP contribution is 2.17. The van der Waals surface area contributed by atoms with Crippen LogP contribution in [-0.2, 0) is 17.9 Å². The zero-order valence-corrected chi connectivity index (χ0v) is 12.1. The number of carbonyl (C=O) groups is 1. The van der Waals surface area contributed by atoms with Crippen molar-refractivity contribution >= 4 is 6.09 Å². The van der Waals surface area contributed by atoms with Gasteiger partial charge in [0.2, 0.25) is 0 Å². The van der Waals surface area contributed by atoms with E-state index in [1.54, 1.807) is 0 Å². The molecule has 0 spiro atoms. The molecule has 0 saturated heterocycles. The van der Waals surface area contributed by atoms with E-state index in [0.717, 1.165) is 11.1 Å². The minimum absolute atomic E-state index is 0.190. The lowest BCUT2D eigenvalue weighted by molar-refractivity contribution is 0.139. The number of ether oxygens (including phenoxy) is 2. The van der Waals surface area contributed by atoms with E-state index in [1.165, 1.54) is 0 Å². The van der Waals surface area contributed by atoms with Gasteiger partial charge in [-0.25, -0.2) is 4.79 Å². The van der Waals surface area contributed by atoms with Crippen molar-refractivity contribution in [3.8, 4) is 18.1 Å². The van der Waals surface area contributed by atoms with E-state index in [-0.39, 0.29) is 13.2 Å². The van der Waals surface area contributed by atoms with Gasteiger partial charge < -0.3 is 14.8 Å². The molecule has 1 amide bonds. The number of hydrogen-bond donors (Lipinski definition) is 1. The molecular formula is C18H17NO3. The normalized spacial score (nSPS) is 9.59. The van der Waals surface area contributed by atoms with Crippen LogP contribution in [0.25, 0.3) is 0 Å². The van der Waals surface area contributed by atoms with Crippen molar-refractivity contribution in [2.24, 2.45) is 0 Å². The fraction of sp³-hybridized carbons (Fsp3) is 0.167. The Morgan fingerprint density at radius 1 is 1.09 bits per heavy atom. The first-order valence-electron chi connectivity index (χ1n) is 6.88. The van der Waals surface area contributed by atoms with Crippen LogP contribution >= 0.6 is 0 Å². The molecule has 0 heterocycles. The van der Waals surface area contributed by atoms with Crippen LogP contribution in [0.3, 0.4) is 0 Å². The van der Waals surface area contributed by atoms with Crippen LogP contribution in [0.15, 0.2) is 54.6 Å². The summed E-state index contributed by atoms with van der Waals surface area (Å²) < 4.78 is 10.6. The van der Waals surface area contributed by atoms with Crippen molar-refractivity contribution < 1.29 is 14.3 Å². The van der Waals surface area contributed by atoms with Gasteiger partial charge in [0.25, 0.3) is 0 Å². The standard InChI is InChI=1S/C18H17NO3/c1-2-12-21-17-11-7-6-10-16(17)13-19-18(20)22-14-15-8-4-3-5-9-15/h1,3-11H,12-14H2,(H,19,20). The molecule has 0 aliphatic carbocycles. The van der Waals surface area contributed by atoms with Crippen molar-refractivity contribution in [3.05, 3.63) is 65.7 Å². The number of amides is 1. The van der Waals surface area contributed by atoms with Gasteiger partial charge in [-0.2, -0.15) is 0 Å². The Morgan fingerprint density at radius 3 is 2.59 bits per heavy atom. The summed E-state index contributed by atoms with van der Waals surface area (Å²) in [5.41, 5.74) is 1.78. The third-order valence-electron chi connectivity index (χ3n) is 2.92. The van der Waals surface area contributed by atoms with Crippen LogP contribution < -0.4 is 10.1 Å². The van der Waals surface area contributed by atoms with Crippen LogP contribution in [0, 0.1) is 12.3 Å². The van der Waals surface area contributed by atoms with Crippen LogP contribution in [0.2, 0.25) is 0 Å². The maximum Gasteiger partial charge on any atom is 0.407 e. The van der Waals surface area contributed by atoms with Gasteiger partial charge >= 0.3 is 6.09 Å². The van der Waals surface area contributed by atoms with E-state index in [2.05, 4.69) is 11.2 Å². The summed E-state index contributed by atoms with van der Waals surface area (Å²) in [4.78, 5) is 11.7. The molecule has 0 aromatic heterocycles. The van der Waals surface area contributed by atoms with Gasteiger partial charge in [0.1, 0.15) is 19.0 Å². The van der Waals surface area contributed by atoms with Crippen molar-refractivity contribution in [1.82, 2.24) is 5.32 Å². The second-order valence-corrected chi connectivity index (χ2v) is 4.52. The molecule has 0 saturated carbocycles. The summed E-state index contributed by atoms with van der Waals surface area (Å²) >= 11 is 0. The van der Waals surface area contributed by atoms with Gasteiger partial charge in [0.05, 0.1) is 0 Å². The van der Waals surface area contributed by atoms with Gasteiger partial charge in [-0.05, 0) is 11.6 Å². The molecular weight excluding hydrogens is 278 g/mol. The zero-order chi connectivity index (χ0) is 15.6. The fourth-order valence-electron chi connectivity index (χ4n) is 1.85. The summed E-state index contributed by atoms with van der Waals surface area (Å²) in [6.07, 6.45) is 4.70. The summed E-state index contributed by atoms with van der Waals surface area (Å²) in [5, 5.41) is 2.69. The first-order chi connectivity index (χ1) is 10.8. The smallest absolute Gasteiger partial charge is 0.407 e. The van der Waals surface area contributed by atoms with Crippen LogP contribution in [0.1, 0.15) is 11.1 Å². The third kappa shape index (κ3) is 4.88. The maximum atomic E-state index is 11.7. The number of hydrogen-bond acceptors (Lipinski definition) is 3. The molecule has 2 rings (SSSR count). The minimum atomic E-state index is -0.476. The maximum absolute atomic E-state index is 11.7. The Balaban J connectivity index is 1.82. The number of alkyl carbamates (subject to hydrolysis) is 1. The van der Waals surface area contributed by atoms with E-state index in [1.807, 2.05) is 54.6 Å². The lowest BCUT2D eigenvalue weighted by atomic mass is 10.2. The Morgan fingerprint density at radius 2 is 1.82 bits per heavy atom. The molecule has 112 valence electrons. The van der Waals surface area contributed by atoms with E-state index in [4.69, 9.17) is 15.9 Å². The first kappa shape index (κ1) is 15.5. The molecule has 0 radical (unpaired) electrons. The van der Waals surface area contributed by atoms with Gasteiger partial charge in [0, 0.05) is 12.1 Å². The number of nitrogens with one attached hydrogen (secondary N) is 1. The average Bonchev–Trinajstić information content (AvgIpc) is 2.58. The quantitative estimate of drug-likeness (QED) is 0.833. The highest BCUT2D eigenvalue weighted by Gasteiger charge is 2.06. The number of benzene rings is 2. The summed E-state index contributed by atoms with van der Waals surface area (Å²) in [6.45, 7) is 0.742. The predicted octanol–water partition coefficient (Wildman–Crippen LogP) is 3.13. The molecule has 0 unspecified atom stereocenters. The van der Waals surface area contributed by atoms with Crippen LogP contribution in [-0.4, -0.2) is 12.7 Å². The summed E-state index contributed by atoms with van der Waals surface area (Å²) in [7, 11) is 0. The molecule has 2 aromatic rings. The highest BCUT2D eigenvalue weighted by atomic mass is 16.5. The largest absolute Gasteiger partial charge is 0.481 e. The number of terminal acetylenes is 1. The molecule has 0 atom stereocenters. The van der Waals surface area contributed by atoms with Gasteiger partial charge in [-0.3, -0.25) is 0 Å². The van der Waals surface area contributed by atoms with E-state index in [0.29, 0.717) is 12.3 Å². The number of para-hydroxylation sites is 1. The van der Waals surface area contributed by atoms with Crippen molar-refractivity contribution in [1.29, 1.82) is 0 Å². The second-order valence-electron chi connectivity index (χ2n) is 4.52. The zero-order valence-electron chi connectivity index (χ0n) is 12.1. The Hall–Kier alpha value is -2.93. The number of rotatable bonds is 6. The Labute approximate surface area is 130 Å². The van der Waals surface area contributed by atoms with Crippen molar-refractivity contribution in [2.45, 2.75) is 13.2 Å². The first-order valence-corrected chi connectivity index (χ1v) is 6.88. The fourth-order valence-corrected chi connectivity index (χ4v) is 1.85. The molecule has 0 aliphatic heterocycles. The molecule has 22 heavy (non-hydrogen) atoms. The Kier molecular flexibility index (Phi) is 5.89. The van der Waals surface area contributed by atoms with Gasteiger partial charge in [0.15, 0.2) is 0 Å². The van der Waals surface area contributed by atoms with E-state index < -0.39 is 6.09 Å². The lowest BCUT2D eigenvalue weighted by Crippen LogP contribution is -2.24. The SMILES string of the molecule is C#CCOc1ccccc1CNC(=O)OCc1ccccc1. The molecule has 0 aliphatic rings. The molecule has 4 heteroatoms. The van der Waals surface area contributed by atoms with Gasteiger partial charge in [-0.1, -0.05) is 54.5 Å². The summed E-state index contributed by atoms with van der Waals surface area (Å²) in [6, 6.07) is 16.9. The molecule has 1 N–H and O–H groups in total. The number of carbonyl (C=O) groups excluding carboxylic acids is 1. The minimum Gasteiger partial charge on any atom is -0.481 e. The third-order valence-corrected chi connectivity index (χ3v) is 2.92. The lowest BCUT2D eigenvalue weighted by Gasteiger charge is -2.11. The molecule has 2 aromatic carbocycles. The molecule has 4 nitrogen and oxygen atoms in total. The van der Waals surface area contributed by atoms with E-state index >= 15 is 0 Å². The van der Waals surface area contributed by atoms with Crippen molar-refractivity contribution in [2.75, 3.05) is 6.61 Å². The van der Waals surface area contributed by atoms with Crippen LogP contribution in [0.5, 0.6) is 5.75 Å². The second kappa shape index (κ2) is 8.38. The highest BCUT2D eigenvalue weighted by molar-refractivity contribution is 5.67. The monoisotopic (exact) mass is 295 g/mol.